The van der Waals surface area contributed by atoms with Crippen molar-refractivity contribution in [3.05, 3.63) is 35.6 Å². The molecular weight excluding hydrogens is 239 g/mol. The molecule has 2 atom stereocenters. The minimum atomic E-state index is -0.128. The molecule has 19 heavy (non-hydrogen) atoms. The summed E-state index contributed by atoms with van der Waals surface area (Å²) in [6.45, 7) is 7.81. The van der Waals surface area contributed by atoms with Crippen LogP contribution in [0.1, 0.15) is 32.3 Å². The van der Waals surface area contributed by atoms with Crippen molar-refractivity contribution < 1.29 is 4.39 Å². The summed E-state index contributed by atoms with van der Waals surface area (Å²) >= 11 is 0. The van der Waals surface area contributed by atoms with E-state index in [9.17, 15) is 4.39 Å². The topological polar surface area (TPSA) is 15.3 Å². The number of rotatable bonds is 3. The van der Waals surface area contributed by atoms with Gasteiger partial charge < -0.3 is 10.2 Å². The van der Waals surface area contributed by atoms with Crippen LogP contribution in [0.25, 0.3) is 0 Å². The van der Waals surface area contributed by atoms with Gasteiger partial charge in [-0.15, -0.1) is 0 Å². The van der Waals surface area contributed by atoms with Crippen LogP contribution in [0.4, 0.5) is 4.39 Å². The third-order valence-electron chi connectivity index (χ3n) is 3.93. The van der Waals surface area contributed by atoms with Crippen molar-refractivity contribution in [3.63, 3.8) is 0 Å². The van der Waals surface area contributed by atoms with Gasteiger partial charge in [0.15, 0.2) is 0 Å². The fourth-order valence-corrected chi connectivity index (χ4v) is 2.72. The second-order valence-electron chi connectivity index (χ2n) is 5.77. The molecule has 0 spiro atoms. The lowest BCUT2D eigenvalue weighted by molar-refractivity contribution is 0.221. The minimum absolute atomic E-state index is 0.128. The first-order valence-electron chi connectivity index (χ1n) is 7.36. The molecule has 1 saturated heterocycles. The molecule has 1 aromatic carbocycles. The number of nitrogens with zero attached hydrogens (tertiary/aromatic N) is 1. The Balaban J connectivity index is 1.84. The summed E-state index contributed by atoms with van der Waals surface area (Å²) in [7, 11) is 0. The molecular formula is C16H25FN2. The van der Waals surface area contributed by atoms with E-state index >= 15 is 0 Å². The SMILES string of the molecule is CC1CCN(CCc2cccc(F)c2)CCC(C)N1. The zero-order valence-electron chi connectivity index (χ0n) is 12.0. The fraction of sp³-hybridized carbons (Fsp3) is 0.625. The maximum absolute atomic E-state index is 13.1. The highest BCUT2D eigenvalue weighted by molar-refractivity contribution is 5.16. The maximum atomic E-state index is 13.1. The zero-order valence-corrected chi connectivity index (χ0v) is 12.0. The van der Waals surface area contributed by atoms with Crippen molar-refractivity contribution >= 4 is 0 Å². The van der Waals surface area contributed by atoms with Gasteiger partial charge in [-0.25, -0.2) is 4.39 Å². The lowest BCUT2D eigenvalue weighted by Gasteiger charge is -2.30. The average Bonchev–Trinajstić information content (AvgIpc) is 2.36. The summed E-state index contributed by atoms with van der Waals surface area (Å²) < 4.78 is 13.1. The van der Waals surface area contributed by atoms with Gasteiger partial charge in [0.1, 0.15) is 5.82 Å². The summed E-state index contributed by atoms with van der Waals surface area (Å²) in [6, 6.07) is 8.15. The Morgan fingerprint density at radius 2 is 1.89 bits per heavy atom. The lowest BCUT2D eigenvalue weighted by Crippen LogP contribution is -2.43. The largest absolute Gasteiger partial charge is 0.312 e. The van der Waals surface area contributed by atoms with Gasteiger partial charge in [0.25, 0.3) is 0 Å². The second-order valence-corrected chi connectivity index (χ2v) is 5.77. The van der Waals surface area contributed by atoms with Crippen molar-refractivity contribution in [1.29, 1.82) is 0 Å². The normalized spacial score (nSPS) is 25.8. The number of benzene rings is 1. The van der Waals surface area contributed by atoms with Gasteiger partial charge >= 0.3 is 0 Å². The molecule has 1 aliphatic rings. The predicted octanol–water partition coefficient (Wildman–Crippen LogP) is 2.83. The van der Waals surface area contributed by atoms with Crippen LogP contribution in [0.15, 0.2) is 24.3 Å². The van der Waals surface area contributed by atoms with Gasteiger partial charge in [0.05, 0.1) is 0 Å². The Bertz CT molecular complexity index is 382. The van der Waals surface area contributed by atoms with Crippen molar-refractivity contribution in [3.8, 4) is 0 Å². The minimum Gasteiger partial charge on any atom is -0.312 e. The highest BCUT2D eigenvalue weighted by Crippen LogP contribution is 2.09. The highest BCUT2D eigenvalue weighted by atomic mass is 19.1. The van der Waals surface area contributed by atoms with Crippen LogP contribution in [0.5, 0.6) is 0 Å². The molecule has 0 saturated carbocycles. The number of nitrogens with one attached hydrogen (secondary N) is 1. The molecule has 0 amide bonds. The summed E-state index contributed by atoms with van der Waals surface area (Å²) in [5, 5.41) is 3.61. The van der Waals surface area contributed by atoms with Crippen LogP contribution in [0.2, 0.25) is 0 Å². The molecule has 2 unspecified atom stereocenters. The smallest absolute Gasteiger partial charge is 0.123 e. The Hall–Kier alpha value is -0.930. The molecule has 1 N–H and O–H groups in total. The molecule has 0 radical (unpaired) electrons. The standard InChI is InChI=1S/C16H25FN2/c1-13-6-9-19(10-7-14(2)18-13)11-8-15-4-3-5-16(17)12-15/h3-5,12-14,18H,6-11H2,1-2H3. The fourth-order valence-electron chi connectivity index (χ4n) is 2.72. The van der Waals surface area contributed by atoms with E-state index in [1.54, 1.807) is 12.1 Å². The van der Waals surface area contributed by atoms with Crippen LogP contribution in [-0.4, -0.2) is 36.6 Å². The number of hydrogen-bond donors (Lipinski definition) is 1. The van der Waals surface area contributed by atoms with Crippen LogP contribution >= 0.6 is 0 Å². The van der Waals surface area contributed by atoms with E-state index in [1.165, 1.54) is 18.9 Å². The van der Waals surface area contributed by atoms with E-state index in [0.29, 0.717) is 12.1 Å². The molecule has 2 nitrogen and oxygen atoms in total. The molecule has 0 bridgehead atoms. The van der Waals surface area contributed by atoms with Crippen molar-refractivity contribution in [2.24, 2.45) is 0 Å². The van der Waals surface area contributed by atoms with Gasteiger partial charge in [0.2, 0.25) is 0 Å². The van der Waals surface area contributed by atoms with Crippen LogP contribution in [0.3, 0.4) is 0 Å². The van der Waals surface area contributed by atoms with Crippen molar-refractivity contribution in [2.45, 2.75) is 45.2 Å². The Kier molecular flexibility index (Phi) is 5.34. The molecule has 1 fully saturated rings. The zero-order chi connectivity index (χ0) is 13.7. The van der Waals surface area contributed by atoms with Crippen LogP contribution in [-0.2, 0) is 6.42 Å². The molecule has 1 heterocycles. The Morgan fingerprint density at radius 3 is 2.53 bits per heavy atom. The summed E-state index contributed by atoms with van der Waals surface area (Å²) in [5.74, 6) is -0.128. The third kappa shape index (κ3) is 4.92. The highest BCUT2D eigenvalue weighted by Gasteiger charge is 2.15. The van der Waals surface area contributed by atoms with E-state index < -0.39 is 0 Å². The molecule has 1 aromatic rings. The lowest BCUT2D eigenvalue weighted by atomic mass is 10.1. The van der Waals surface area contributed by atoms with Gasteiger partial charge in [-0.2, -0.15) is 0 Å². The van der Waals surface area contributed by atoms with Crippen molar-refractivity contribution in [1.82, 2.24) is 10.2 Å². The molecule has 106 valence electrons. The van der Waals surface area contributed by atoms with Gasteiger partial charge in [0, 0.05) is 18.6 Å². The summed E-state index contributed by atoms with van der Waals surface area (Å²) in [5.41, 5.74) is 1.10. The predicted molar refractivity (Wildman–Crippen MR) is 77.8 cm³/mol. The molecule has 1 aliphatic heterocycles. The average molecular weight is 264 g/mol. The number of halogens is 1. The first kappa shape index (κ1) is 14.5. The molecule has 0 aromatic heterocycles. The Morgan fingerprint density at radius 1 is 1.21 bits per heavy atom. The quantitative estimate of drug-likeness (QED) is 0.903. The van der Waals surface area contributed by atoms with E-state index in [0.717, 1.165) is 31.6 Å². The summed E-state index contributed by atoms with van der Waals surface area (Å²) in [4.78, 5) is 2.51. The molecule has 2 rings (SSSR count). The van der Waals surface area contributed by atoms with Gasteiger partial charge in [-0.05, 0) is 63.9 Å². The number of hydrogen-bond acceptors (Lipinski definition) is 2. The van der Waals surface area contributed by atoms with Crippen LogP contribution in [0, 0.1) is 5.82 Å². The van der Waals surface area contributed by atoms with E-state index in [4.69, 9.17) is 0 Å². The monoisotopic (exact) mass is 264 g/mol. The van der Waals surface area contributed by atoms with E-state index in [1.807, 2.05) is 6.07 Å². The van der Waals surface area contributed by atoms with E-state index in [2.05, 4.69) is 24.1 Å². The van der Waals surface area contributed by atoms with Gasteiger partial charge in [-0.1, -0.05) is 12.1 Å². The van der Waals surface area contributed by atoms with E-state index in [-0.39, 0.29) is 5.82 Å². The van der Waals surface area contributed by atoms with Crippen LogP contribution < -0.4 is 5.32 Å². The second kappa shape index (κ2) is 7.01. The molecule has 0 aliphatic carbocycles. The first-order valence-corrected chi connectivity index (χ1v) is 7.36. The van der Waals surface area contributed by atoms with Gasteiger partial charge in [-0.3, -0.25) is 0 Å². The third-order valence-corrected chi connectivity index (χ3v) is 3.93. The first-order chi connectivity index (χ1) is 9.13. The maximum Gasteiger partial charge on any atom is 0.123 e. The molecule has 3 heteroatoms. The van der Waals surface area contributed by atoms with Crippen molar-refractivity contribution in [2.75, 3.05) is 19.6 Å². The summed E-state index contributed by atoms with van der Waals surface area (Å²) in [6.07, 6.45) is 3.31. The Labute approximate surface area is 116 Å².